The van der Waals surface area contributed by atoms with Crippen LogP contribution in [0.15, 0.2) is 12.1 Å². The zero-order valence-corrected chi connectivity index (χ0v) is 11.1. The Morgan fingerprint density at radius 2 is 1.82 bits per heavy atom. The normalized spacial score (nSPS) is 24.0. The van der Waals surface area contributed by atoms with E-state index in [-0.39, 0.29) is 0 Å². The number of benzene rings is 1. The maximum Gasteiger partial charge on any atom is 0.122 e. The average molecular weight is 233 g/mol. The molecule has 2 atom stereocenters. The number of aryl methyl sites for hydroxylation is 3. The summed E-state index contributed by atoms with van der Waals surface area (Å²) >= 11 is 0. The summed E-state index contributed by atoms with van der Waals surface area (Å²) in [5.74, 6) is 1.58. The smallest absolute Gasteiger partial charge is 0.122 e. The second-order valence-corrected chi connectivity index (χ2v) is 5.28. The van der Waals surface area contributed by atoms with Gasteiger partial charge in [-0.2, -0.15) is 0 Å². The minimum atomic E-state index is 0.320. The summed E-state index contributed by atoms with van der Waals surface area (Å²) < 4.78 is 6.17. The largest absolute Gasteiger partial charge is 0.490 e. The highest BCUT2D eigenvalue weighted by atomic mass is 16.5. The first-order valence-corrected chi connectivity index (χ1v) is 6.56. The van der Waals surface area contributed by atoms with E-state index in [1.807, 2.05) is 0 Å². The van der Waals surface area contributed by atoms with Gasteiger partial charge in [0.05, 0.1) is 0 Å². The monoisotopic (exact) mass is 233 g/mol. The van der Waals surface area contributed by atoms with Crippen molar-refractivity contribution in [3.63, 3.8) is 0 Å². The van der Waals surface area contributed by atoms with Crippen LogP contribution in [0.4, 0.5) is 0 Å². The number of ether oxygens (including phenoxy) is 1. The molecule has 0 aliphatic heterocycles. The van der Waals surface area contributed by atoms with Gasteiger partial charge in [0.2, 0.25) is 0 Å². The molecule has 0 spiro atoms. The van der Waals surface area contributed by atoms with E-state index in [1.54, 1.807) is 0 Å². The summed E-state index contributed by atoms with van der Waals surface area (Å²) in [7, 11) is 0. The molecule has 2 rings (SSSR count). The Hall–Kier alpha value is -1.02. The molecule has 0 saturated heterocycles. The van der Waals surface area contributed by atoms with E-state index in [9.17, 15) is 0 Å². The van der Waals surface area contributed by atoms with Crippen molar-refractivity contribution in [2.45, 2.75) is 46.1 Å². The summed E-state index contributed by atoms with van der Waals surface area (Å²) in [5, 5.41) is 0. The van der Waals surface area contributed by atoms with Gasteiger partial charge < -0.3 is 10.5 Å². The molecule has 2 unspecified atom stereocenters. The Balaban J connectivity index is 2.15. The standard InChI is InChI=1S/C15H23NO/c1-10-7-12(3)15(8-11(10)2)17-14-6-4-5-13(14)9-16/h7-8,13-14H,4-6,9,16H2,1-3H3. The van der Waals surface area contributed by atoms with Crippen molar-refractivity contribution in [2.75, 3.05) is 6.54 Å². The molecule has 2 nitrogen and oxygen atoms in total. The predicted octanol–water partition coefficient (Wildman–Crippen LogP) is 3.12. The zero-order chi connectivity index (χ0) is 12.4. The van der Waals surface area contributed by atoms with Gasteiger partial charge in [0, 0.05) is 5.92 Å². The van der Waals surface area contributed by atoms with Gasteiger partial charge in [0.15, 0.2) is 0 Å². The van der Waals surface area contributed by atoms with Crippen LogP contribution in [-0.2, 0) is 0 Å². The Morgan fingerprint density at radius 1 is 1.12 bits per heavy atom. The number of hydrogen-bond donors (Lipinski definition) is 1. The van der Waals surface area contributed by atoms with Crippen molar-refractivity contribution in [3.8, 4) is 5.75 Å². The summed E-state index contributed by atoms with van der Waals surface area (Å²) in [6.45, 7) is 7.14. The molecular formula is C15H23NO. The molecule has 0 bridgehead atoms. The highest BCUT2D eigenvalue weighted by Gasteiger charge is 2.28. The third-order valence-corrected chi connectivity index (χ3v) is 3.96. The number of hydrogen-bond acceptors (Lipinski definition) is 2. The van der Waals surface area contributed by atoms with Crippen LogP contribution in [-0.4, -0.2) is 12.6 Å². The fraction of sp³-hybridized carbons (Fsp3) is 0.600. The van der Waals surface area contributed by atoms with Crippen LogP contribution in [0.2, 0.25) is 0 Å². The first-order valence-electron chi connectivity index (χ1n) is 6.56. The van der Waals surface area contributed by atoms with Crippen LogP contribution >= 0.6 is 0 Å². The van der Waals surface area contributed by atoms with Crippen LogP contribution in [0.3, 0.4) is 0 Å². The van der Waals surface area contributed by atoms with Crippen molar-refractivity contribution in [3.05, 3.63) is 28.8 Å². The Morgan fingerprint density at radius 3 is 2.53 bits per heavy atom. The minimum absolute atomic E-state index is 0.320. The van der Waals surface area contributed by atoms with Gasteiger partial charge in [0.25, 0.3) is 0 Å². The summed E-state index contributed by atoms with van der Waals surface area (Å²) in [6.07, 6.45) is 3.93. The van der Waals surface area contributed by atoms with E-state index in [0.29, 0.717) is 12.0 Å². The quantitative estimate of drug-likeness (QED) is 0.870. The molecule has 1 aromatic carbocycles. The van der Waals surface area contributed by atoms with E-state index in [0.717, 1.165) is 18.7 Å². The van der Waals surface area contributed by atoms with E-state index in [2.05, 4.69) is 32.9 Å². The lowest BCUT2D eigenvalue weighted by molar-refractivity contribution is 0.161. The van der Waals surface area contributed by atoms with Crippen molar-refractivity contribution >= 4 is 0 Å². The molecule has 0 amide bonds. The van der Waals surface area contributed by atoms with Crippen LogP contribution < -0.4 is 10.5 Å². The lowest BCUT2D eigenvalue weighted by atomic mass is 10.0. The molecule has 1 saturated carbocycles. The predicted molar refractivity (Wildman–Crippen MR) is 71.5 cm³/mol. The maximum atomic E-state index is 6.17. The number of nitrogens with two attached hydrogens (primary N) is 1. The molecule has 1 aliphatic carbocycles. The van der Waals surface area contributed by atoms with Crippen LogP contribution in [0.1, 0.15) is 36.0 Å². The molecule has 94 valence electrons. The molecule has 1 aliphatic rings. The minimum Gasteiger partial charge on any atom is -0.490 e. The molecule has 17 heavy (non-hydrogen) atoms. The fourth-order valence-corrected chi connectivity index (χ4v) is 2.65. The van der Waals surface area contributed by atoms with Crippen LogP contribution in [0, 0.1) is 26.7 Å². The molecule has 2 heteroatoms. The lowest BCUT2D eigenvalue weighted by Crippen LogP contribution is -2.27. The molecule has 0 heterocycles. The van der Waals surface area contributed by atoms with E-state index in [1.165, 1.54) is 29.5 Å². The van der Waals surface area contributed by atoms with E-state index in [4.69, 9.17) is 10.5 Å². The first-order chi connectivity index (χ1) is 8.11. The van der Waals surface area contributed by atoms with Crippen molar-refractivity contribution in [1.29, 1.82) is 0 Å². The summed E-state index contributed by atoms with van der Waals surface area (Å²) in [6, 6.07) is 4.37. The van der Waals surface area contributed by atoms with Gasteiger partial charge in [-0.3, -0.25) is 0 Å². The summed E-state index contributed by atoms with van der Waals surface area (Å²) in [4.78, 5) is 0. The topological polar surface area (TPSA) is 35.2 Å². The van der Waals surface area contributed by atoms with Gasteiger partial charge in [-0.05, 0) is 69.3 Å². The molecular weight excluding hydrogens is 210 g/mol. The summed E-state index contributed by atoms with van der Waals surface area (Å²) in [5.41, 5.74) is 9.65. The lowest BCUT2D eigenvalue weighted by Gasteiger charge is -2.21. The highest BCUT2D eigenvalue weighted by Crippen LogP contribution is 2.31. The van der Waals surface area contributed by atoms with Gasteiger partial charge in [-0.25, -0.2) is 0 Å². The molecule has 1 aromatic rings. The molecule has 0 aromatic heterocycles. The Labute approximate surface area is 104 Å². The molecule has 2 N–H and O–H groups in total. The van der Waals surface area contributed by atoms with Crippen molar-refractivity contribution in [2.24, 2.45) is 11.7 Å². The second kappa shape index (κ2) is 5.09. The molecule has 1 fully saturated rings. The Kier molecular flexibility index (Phi) is 3.72. The average Bonchev–Trinajstić information content (AvgIpc) is 2.73. The third kappa shape index (κ3) is 2.63. The first kappa shape index (κ1) is 12.4. The van der Waals surface area contributed by atoms with Gasteiger partial charge in [-0.15, -0.1) is 0 Å². The second-order valence-electron chi connectivity index (χ2n) is 5.28. The molecule has 0 radical (unpaired) electrons. The third-order valence-electron chi connectivity index (χ3n) is 3.96. The SMILES string of the molecule is Cc1cc(C)c(OC2CCCC2CN)cc1C. The Bertz CT molecular complexity index is 400. The van der Waals surface area contributed by atoms with E-state index >= 15 is 0 Å². The van der Waals surface area contributed by atoms with E-state index < -0.39 is 0 Å². The number of rotatable bonds is 3. The van der Waals surface area contributed by atoms with Crippen LogP contribution in [0.25, 0.3) is 0 Å². The zero-order valence-electron chi connectivity index (χ0n) is 11.1. The van der Waals surface area contributed by atoms with Crippen LogP contribution in [0.5, 0.6) is 5.75 Å². The fourth-order valence-electron chi connectivity index (χ4n) is 2.65. The maximum absolute atomic E-state index is 6.17. The van der Waals surface area contributed by atoms with Crippen molar-refractivity contribution < 1.29 is 4.74 Å². The van der Waals surface area contributed by atoms with Gasteiger partial charge >= 0.3 is 0 Å². The van der Waals surface area contributed by atoms with Crippen molar-refractivity contribution in [1.82, 2.24) is 0 Å². The highest BCUT2D eigenvalue weighted by molar-refractivity contribution is 5.41. The van der Waals surface area contributed by atoms with Gasteiger partial charge in [0.1, 0.15) is 11.9 Å². The van der Waals surface area contributed by atoms with Gasteiger partial charge in [-0.1, -0.05) is 6.07 Å².